The number of halogens is 1. The second kappa shape index (κ2) is 6.02. The average Bonchev–Trinajstić information content (AvgIpc) is 2.18. The topological polar surface area (TPSA) is 61.7 Å². The van der Waals surface area contributed by atoms with E-state index >= 15 is 0 Å². The molecule has 0 saturated heterocycles. The Morgan fingerprint density at radius 1 is 1.57 bits per heavy atom. The van der Waals surface area contributed by atoms with Crippen LogP contribution in [0.15, 0.2) is 29.7 Å². The molecule has 5 heteroatoms. The molecule has 1 rings (SSSR count). The van der Waals surface area contributed by atoms with Crippen LogP contribution in [0, 0.1) is 0 Å². The lowest BCUT2D eigenvalue weighted by atomic mass is 10.2. The van der Waals surface area contributed by atoms with Crippen LogP contribution in [0.3, 0.4) is 0 Å². The van der Waals surface area contributed by atoms with Gasteiger partial charge in [0, 0.05) is 23.9 Å². The molecule has 0 unspecified atom stereocenters. The number of rotatable bonds is 4. The number of hydrogen-bond donors (Lipinski definition) is 0. The Balaban J connectivity index is 2.47. The van der Waals surface area contributed by atoms with E-state index in [9.17, 15) is 0 Å². The highest BCUT2D eigenvalue weighted by Gasteiger charge is 1.88. The first kappa shape index (κ1) is 10.6. The van der Waals surface area contributed by atoms with Crippen LogP contribution >= 0.6 is 11.6 Å². The Bertz CT molecular complexity index is 369. The van der Waals surface area contributed by atoms with Gasteiger partial charge in [0.15, 0.2) is 0 Å². The normalized spacial score (nSPS) is 10.1. The van der Waals surface area contributed by atoms with E-state index in [0.717, 1.165) is 12.0 Å². The lowest BCUT2D eigenvalue weighted by Gasteiger charge is -1.92. The summed E-state index contributed by atoms with van der Waals surface area (Å²) in [7, 11) is 0. The number of azide groups is 1. The van der Waals surface area contributed by atoms with Crippen LogP contribution in [-0.2, 0) is 0 Å². The van der Waals surface area contributed by atoms with Gasteiger partial charge in [-0.1, -0.05) is 28.9 Å². The van der Waals surface area contributed by atoms with Crippen molar-refractivity contribution in [2.45, 2.75) is 6.42 Å². The van der Waals surface area contributed by atoms with E-state index in [1.54, 1.807) is 12.4 Å². The molecule has 4 nitrogen and oxygen atoms in total. The van der Waals surface area contributed by atoms with Gasteiger partial charge in [0.2, 0.25) is 0 Å². The first-order valence-corrected chi connectivity index (χ1v) is 4.48. The van der Waals surface area contributed by atoms with Crippen molar-refractivity contribution in [1.29, 1.82) is 0 Å². The minimum absolute atomic E-state index is 0.473. The minimum Gasteiger partial charge on any atom is -0.263 e. The molecular weight excluding hydrogens is 200 g/mol. The summed E-state index contributed by atoms with van der Waals surface area (Å²) in [6.07, 6.45) is 7.83. The molecule has 0 saturated carbocycles. The number of aromatic nitrogens is 1. The van der Waals surface area contributed by atoms with Gasteiger partial charge in [-0.3, -0.25) is 4.98 Å². The van der Waals surface area contributed by atoms with Crippen LogP contribution < -0.4 is 0 Å². The van der Waals surface area contributed by atoms with Crippen LogP contribution in [0.25, 0.3) is 16.5 Å². The summed E-state index contributed by atoms with van der Waals surface area (Å²) in [5, 5.41) is 4.02. The van der Waals surface area contributed by atoms with Gasteiger partial charge in [0.05, 0.1) is 5.02 Å². The van der Waals surface area contributed by atoms with Gasteiger partial charge in [0.25, 0.3) is 0 Å². The molecule has 0 N–H and O–H groups in total. The van der Waals surface area contributed by atoms with Crippen molar-refractivity contribution in [2.75, 3.05) is 6.54 Å². The smallest absolute Gasteiger partial charge is 0.0595 e. The zero-order chi connectivity index (χ0) is 10.2. The summed E-state index contributed by atoms with van der Waals surface area (Å²) in [5.74, 6) is 0. The largest absolute Gasteiger partial charge is 0.263 e. The average molecular weight is 209 g/mol. The highest BCUT2D eigenvalue weighted by Crippen LogP contribution is 2.09. The Kier molecular flexibility index (Phi) is 4.55. The third-order valence-electron chi connectivity index (χ3n) is 1.50. The zero-order valence-electron chi connectivity index (χ0n) is 7.47. The van der Waals surface area contributed by atoms with Crippen molar-refractivity contribution in [3.8, 4) is 0 Å². The fourth-order valence-electron chi connectivity index (χ4n) is 0.916. The molecule has 1 heterocycles. The number of nitrogens with zero attached hydrogens (tertiary/aromatic N) is 4. The maximum atomic E-state index is 8.03. The van der Waals surface area contributed by atoms with Crippen LogP contribution in [0.1, 0.15) is 12.0 Å². The molecule has 0 radical (unpaired) electrons. The molecule has 72 valence electrons. The highest BCUT2D eigenvalue weighted by molar-refractivity contribution is 6.30. The Morgan fingerprint density at radius 2 is 2.43 bits per heavy atom. The standard InChI is InChI=1S/C9H9ClN4/c10-9-5-8(6-12-7-9)3-1-2-4-13-14-11/h1,3,5-7H,2,4H2. The molecule has 1 aromatic rings. The Hall–Kier alpha value is -1.51. The first-order valence-electron chi connectivity index (χ1n) is 4.11. The lowest BCUT2D eigenvalue weighted by molar-refractivity contribution is 0.995. The molecule has 0 spiro atoms. The first-order chi connectivity index (χ1) is 6.83. The third-order valence-corrected chi connectivity index (χ3v) is 1.70. The molecule has 0 aliphatic carbocycles. The Labute approximate surface area is 86.9 Å². The second-order valence-corrected chi connectivity index (χ2v) is 3.02. The summed E-state index contributed by atoms with van der Waals surface area (Å²) >= 11 is 5.74. The van der Waals surface area contributed by atoms with Gasteiger partial charge >= 0.3 is 0 Å². The monoisotopic (exact) mass is 208 g/mol. The van der Waals surface area contributed by atoms with Crippen molar-refractivity contribution < 1.29 is 0 Å². The summed E-state index contributed by atoms with van der Waals surface area (Å²) in [5.41, 5.74) is 8.97. The molecule has 0 aromatic carbocycles. The predicted molar refractivity (Wildman–Crippen MR) is 56.9 cm³/mol. The minimum atomic E-state index is 0.473. The van der Waals surface area contributed by atoms with Crippen LogP contribution in [0.4, 0.5) is 0 Å². The van der Waals surface area contributed by atoms with Crippen LogP contribution in [0.5, 0.6) is 0 Å². The highest BCUT2D eigenvalue weighted by atomic mass is 35.5. The van der Waals surface area contributed by atoms with Crippen molar-refractivity contribution >= 4 is 17.7 Å². The lowest BCUT2D eigenvalue weighted by Crippen LogP contribution is -1.77. The van der Waals surface area contributed by atoms with Gasteiger partial charge in [-0.05, 0) is 23.6 Å². The maximum Gasteiger partial charge on any atom is 0.0595 e. The van der Waals surface area contributed by atoms with Crippen molar-refractivity contribution in [2.24, 2.45) is 5.11 Å². The maximum absolute atomic E-state index is 8.03. The zero-order valence-corrected chi connectivity index (χ0v) is 8.22. The summed E-state index contributed by atoms with van der Waals surface area (Å²) in [6.45, 7) is 0.473. The molecule has 0 aliphatic rings. The van der Waals surface area contributed by atoms with E-state index in [4.69, 9.17) is 17.1 Å². The SMILES string of the molecule is [N-]=[N+]=NCCC=Cc1cncc(Cl)c1. The van der Waals surface area contributed by atoms with Gasteiger partial charge < -0.3 is 0 Å². The van der Waals surface area contributed by atoms with Crippen LogP contribution in [0.2, 0.25) is 5.02 Å². The molecular formula is C9H9ClN4. The van der Waals surface area contributed by atoms with Crippen LogP contribution in [-0.4, -0.2) is 11.5 Å². The molecule has 0 bridgehead atoms. The quantitative estimate of drug-likeness (QED) is 0.324. The predicted octanol–water partition coefficient (Wildman–Crippen LogP) is 3.45. The van der Waals surface area contributed by atoms with E-state index in [1.165, 1.54) is 0 Å². The second-order valence-electron chi connectivity index (χ2n) is 2.58. The molecule has 0 aliphatic heterocycles. The van der Waals surface area contributed by atoms with E-state index in [2.05, 4.69) is 15.0 Å². The van der Waals surface area contributed by atoms with Crippen molar-refractivity contribution in [1.82, 2.24) is 4.98 Å². The molecule has 1 aromatic heterocycles. The van der Waals surface area contributed by atoms with E-state index < -0.39 is 0 Å². The fraction of sp³-hybridized carbons (Fsp3) is 0.222. The molecule has 0 atom stereocenters. The third kappa shape index (κ3) is 3.94. The summed E-state index contributed by atoms with van der Waals surface area (Å²) in [4.78, 5) is 6.59. The fourth-order valence-corrected chi connectivity index (χ4v) is 1.10. The molecule has 14 heavy (non-hydrogen) atoms. The van der Waals surface area contributed by atoms with E-state index in [0.29, 0.717) is 11.6 Å². The molecule has 0 amide bonds. The summed E-state index contributed by atoms with van der Waals surface area (Å²) in [6, 6.07) is 1.82. The number of pyridine rings is 1. The molecule has 0 fully saturated rings. The number of hydrogen-bond acceptors (Lipinski definition) is 2. The van der Waals surface area contributed by atoms with Gasteiger partial charge in [-0.25, -0.2) is 0 Å². The van der Waals surface area contributed by atoms with Gasteiger partial charge in [-0.15, -0.1) is 0 Å². The van der Waals surface area contributed by atoms with Crippen molar-refractivity contribution in [3.63, 3.8) is 0 Å². The summed E-state index contributed by atoms with van der Waals surface area (Å²) < 4.78 is 0. The van der Waals surface area contributed by atoms with E-state index in [1.807, 2.05) is 18.2 Å². The van der Waals surface area contributed by atoms with Gasteiger partial charge in [0.1, 0.15) is 0 Å². The Morgan fingerprint density at radius 3 is 3.14 bits per heavy atom. The van der Waals surface area contributed by atoms with Crippen molar-refractivity contribution in [3.05, 3.63) is 45.6 Å². The van der Waals surface area contributed by atoms with Gasteiger partial charge in [-0.2, -0.15) is 0 Å². The van der Waals surface area contributed by atoms with E-state index in [-0.39, 0.29) is 0 Å².